The Morgan fingerprint density at radius 3 is 2.62 bits per heavy atom. The van der Waals surface area contributed by atoms with Crippen molar-refractivity contribution in [1.29, 1.82) is 5.26 Å². The molecule has 92 valence electrons. The van der Waals surface area contributed by atoms with Gasteiger partial charge in [0.25, 0.3) is 0 Å². The number of nitrogens with zero attached hydrogens (tertiary/aromatic N) is 1. The van der Waals surface area contributed by atoms with Gasteiger partial charge in [-0.1, -0.05) is 13.3 Å². The molecule has 1 N–H and O–H groups in total. The monoisotopic (exact) mass is 222 g/mol. The number of hydrogen-bond donors (Lipinski definition) is 1. The molecule has 1 aliphatic carbocycles. The van der Waals surface area contributed by atoms with E-state index in [1.54, 1.807) is 0 Å². The van der Waals surface area contributed by atoms with Crippen molar-refractivity contribution in [3.8, 4) is 6.07 Å². The van der Waals surface area contributed by atoms with Gasteiger partial charge in [-0.25, -0.2) is 0 Å². The summed E-state index contributed by atoms with van der Waals surface area (Å²) in [5.41, 5.74) is -0.138. The van der Waals surface area contributed by atoms with Crippen LogP contribution in [-0.2, 0) is 0 Å². The maximum Gasteiger partial charge on any atom is 0.0683 e. The third kappa shape index (κ3) is 5.51. The van der Waals surface area contributed by atoms with E-state index in [4.69, 9.17) is 5.26 Å². The van der Waals surface area contributed by atoms with Gasteiger partial charge in [-0.3, -0.25) is 0 Å². The van der Waals surface area contributed by atoms with Crippen molar-refractivity contribution in [3.05, 3.63) is 0 Å². The van der Waals surface area contributed by atoms with Crippen LogP contribution in [0.25, 0.3) is 0 Å². The van der Waals surface area contributed by atoms with Gasteiger partial charge in [-0.2, -0.15) is 5.26 Å². The highest BCUT2D eigenvalue weighted by Gasteiger charge is 2.27. The predicted molar refractivity (Wildman–Crippen MR) is 68.0 cm³/mol. The van der Waals surface area contributed by atoms with E-state index in [9.17, 15) is 0 Å². The molecule has 0 saturated heterocycles. The molecule has 0 aromatic carbocycles. The van der Waals surface area contributed by atoms with Crippen LogP contribution < -0.4 is 5.32 Å². The molecule has 0 amide bonds. The molecule has 1 rings (SSSR count). The molecule has 0 bridgehead atoms. The third-order valence-corrected chi connectivity index (χ3v) is 3.60. The molecule has 0 aromatic heterocycles. The van der Waals surface area contributed by atoms with Crippen molar-refractivity contribution in [3.63, 3.8) is 0 Å². The van der Waals surface area contributed by atoms with E-state index in [1.807, 2.05) is 13.8 Å². The smallest absolute Gasteiger partial charge is 0.0683 e. The first-order valence-corrected chi connectivity index (χ1v) is 6.67. The molecule has 2 nitrogen and oxygen atoms in total. The summed E-state index contributed by atoms with van der Waals surface area (Å²) in [6, 6.07) is 2.35. The van der Waals surface area contributed by atoms with Crippen LogP contribution in [0.3, 0.4) is 0 Å². The zero-order chi connectivity index (χ0) is 12.0. The van der Waals surface area contributed by atoms with E-state index in [0.717, 1.165) is 31.2 Å². The van der Waals surface area contributed by atoms with E-state index < -0.39 is 0 Å². The molecule has 0 aromatic rings. The number of rotatable bonds is 8. The lowest BCUT2D eigenvalue weighted by Crippen LogP contribution is -2.23. The highest BCUT2D eigenvalue weighted by Crippen LogP contribution is 2.36. The zero-order valence-corrected chi connectivity index (χ0v) is 11.1. The SMILES string of the molecule is CC(CNCCCCC(C)(C)C#N)C1CC1. The second-order valence-corrected chi connectivity index (χ2v) is 5.97. The average molecular weight is 222 g/mol. The Labute approximate surface area is 100 Å². The Balaban J connectivity index is 1.90. The van der Waals surface area contributed by atoms with Gasteiger partial charge in [0, 0.05) is 0 Å². The first kappa shape index (κ1) is 13.5. The highest BCUT2D eigenvalue weighted by atomic mass is 14.9. The fraction of sp³-hybridized carbons (Fsp3) is 0.929. The Morgan fingerprint density at radius 2 is 2.06 bits per heavy atom. The minimum absolute atomic E-state index is 0.138. The van der Waals surface area contributed by atoms with Crippen LogP contribution in [0.2, 0.25) is 0 Å². The Morgan fingerprint density at radius 1 is 1.38 bits per heavy atom. The summed E-state index contributed by atoms with van der Waals surface area (Å²) in [5.74, 6) is 1.86. The lowest BCUT2D eigenvalue weighted by atomic mass is 9.89. The molecule has 1 saturated carbocycles. The van der Waals surface area contributed by atoms with E-state index in [2.05, 4.69) is 18.3 Å². The van der Waals surface area contributed by atoms with E-state index >= 15 is 0 Å². The molecule has 16 heavy (non-hydrogen) atoms. The molecule has 1 aliphatic rings. The number of unbranched alkanes of at least 4 members (excludes halogenated alkanes) is 1. The third-order valence-electron chi connectivity index (χ3n) is 3.60. The molecular formula is C14H26N2. The first-order valence-electron chi connectivity index (χ1n) is 6.67. The lowest BCUT2D eigenvalue weighted by molar-refractivity contribution is 0.411. The minimum Gasteiger partial charge on any atom is -0.316 e. The summed E-state index contributed by atoms with van der Waals surface area (Å²) in [6.45, 7) is 8.68. The largest absolute Gasteiger partial charge is 0.316 e. The minimum atomic E-state index is -0.138. The summed E-state index contributed by atoms with van der Waals surface area (Å²) < 4.78 is 0. The van der Waals surface area contributed by atoms with Gasteiger partial charge in [0.15, 0.2) is 0 Å². The second kappa shape index (κ2) is 6.25. The normalized spacial score (nSPS) is 18.1. The zero-order valence-electron chi connectivity index (χ0n) is 11.1. The topological polar surface area (TPSA) is 35.8 Å². The fourth-order valence-corrected chi connectivity index (χ4v) is 2.03. The van der Waals surface area contributed by atoms with Crippen LogP contribution in [0.1, 0.15) is 52.9 Å². The maximum atomic E-state index is 8.87. The lowest BCUT2D eigenvalue weighted by Gasteiger charge is -2.15. The summed E-state index contributed by atoms with van der Waals surface area (Å²) in [5, 5.41) is 12.4. The first-order chi connectivity index (χ1) is 7.55. The van der Waals surface area contributed by atoms with E-state index in [0.29, 0.717) is 0 Å². The summed E-state index contributed by atoms with van der Waals surface area (Å²) in [7, 11) is 0. The van der Waals surface area contributed by atoms with E-state index in [-0.39, 0.29) is 5.41 Å². The van der Waals surface area contributed by atoms with Crippen molar-refractivity contribution in [2.24, 2.45) is 17.3 Å². The molecular weight excluding hydrogens is 196 g/mol. The standard InChI is InChI=1S/C14H26N2/c1-12(13-6-7-13)10-16-9-5-4-8-14(2,3)11-15/h12-13,16H,4-10H2,1-3H3. The summed E-state index contributed by atoms with van der Waals surface area (Å²) in [6.07, 6.45) is 6.26. The van der Waals surface area contributed by atoms with Crippen LogP contribution >= 0.6 is 0 Å². The van der Waals surface area contributed by atoms with E-state index in [1.165, 1.54) is 25.8 Å². The second-order valence-electron chi connectivity index (χ2n) is 5.97. The Bertz CT molecular complexity index is 236. The molecule has 2 heteroatoms. The van der Waals surface area contributed by atoms with Crippen molar-refractivity contribution in [2.75, 3.05) is 13.1 Å². The van der Waals surface area contributed by atoms with Gasteiger partial charge < -0.3 is 5.32 Å². The van der Waals surface area contributed by atoms with Crippen molar-refractivity contribution >= 4 is 0 Å². The van der Waals surface area contributed by atoms with Crippen LogP contribution in [0, 0.1) is 28.6 Å². The number of nitrogens with one attached hydrogen (secondary N) is 1. The molecule has 1 atom stereocenters. The molecule has 0 heterocycles. The van der Waals surface area contributed by atoms with Gasteiger partial charge >= 0.3 is 0 Å². The highest BCUT2D eigenvalue weighted by molar-refractivity contribution is 4.91. The molecule has 0 spiro atoms. The van der Waals surface area contributed by atoms with Crippen LogP contribution in [0.5, 0.6) is 0 Å². The van der Waals surface area contributed by atoms with Gasteiger partial charge in [0.2, 0.25) is 0 Å². The predicted octanol–water partition coefficient (Wildman–Crippen LogP) is 3.34. The fourth-order valence-electron chi connectivity index (χ4n) is 2.03. The molecule has 1 unspecified atom stereocenters. The van der Waals surface area contributed by atoms with Crippen LogP contribution in [0.4, 0.5) is 0 Å². The summed E-state index contributed by atoms with van der Waals surface area (Å²) >= 11 is 0. The van der Waals surface area contributed by atoms with Gasteiger partial charge in [-0.15, -0.1) is 0 Å². The average Bonchev–Trinajstić information content (AvgIpc) is 3.06. The quantitative estimate of drug-likeness (QED) is 0.639. The molecule has 0 aliphatic heterocycles. The summed E-state index contributed by atoms with van der Waals surface area (Å²) in [4.78, 5) is 0. The Kier molecular flexibility index (Phi) is 5.28. The van der Waals surface area contributed by atoms with Crippen molar-refractivity contribution < 1.29 is 0 Å². The van der Waals surface area contributed by atoms with Crippen molar-refractivity contribution in [1.82, 2.24) is 5.32 Å². The van der Waals surface area contributed by atoms with Crippen LogP contribution in [0.15, 0.2) is 0 Å². The van der Waals surface area contributed by atoms with Crippen molar-refractivity contribution in [2.45, 2.75) is 52.9 Å². The number of hydrogen-bond acceptors (Lipinski definition) is 2. The molecule has 0 radical (unpaired) electrons. The number of nitriles is 1. The Hall–Kier alpha value is -0.550. The molecule has 1 fully saturated rings. The maximum absolute atomic E-state index is 8.87. The van der Waals surface area contributed by atoms with Gasteiger partial charge in [0.05, 0.1) is 11.5 Å². The van der Waals surface area contributed by atoms with Gasteiger partial charge in [0.1, 0.15) is 0 Å². The van der Waals surface area contributed by atoms with Gasteiger partial charge in [-0.05, 0) is 64.5 Å². The van der Waals surface area contributed by atoms with Crippen LogP contribution in [-0.4, -0.2) is 13.1 Å².